The van der Waals surface area contributed by atoms with Crippen molar-refractivity contribution in [3.63, 3.8) is 0 Å². The normalized spacial score (nSPS) is 28.7. The summed E-state index contributed by atoms with van der Waals surface area (Å²) in [5.74, 6) is -10.7. The number of ketones is 2. The van der Waals surface area contributed by atoms with Crippen molar-refractivity contribution in [1.29, 1.82) is 0 Å². The van der Waals surface area contributed by atoms with Crippen molar-refractivity contribution in [1.82, 2.24) is 10.2 Å². The van der Waals surface area contributed by atoms with E-state index in [1.807, 2.05) is 0 Å². The highest BCUT2D eigenvalue weighted by molar-refractivity contribution is 6.24. The number of phenols is 1. The smallest absolute Gasteiger partial charge is 0.255 e. The van der Waals surface area contributed by atoms with Crippen molar-refractivity contribution in [2.45, 2.75) is 50.8 Å². The molecule has 1 aromatic carbocycles. The number of primary amides is 1. The Balaban J connectivity index is 2.06. The Labute approximate surface area is 253 Å². The number of nitrogens with one attached hydrogen (secondary N) is 2. The number of likely N-dealkylation sites (N-methyl/N-ethyl adjacent to an activating group) is 1. The number of benzene rings is 1. The predicted octanol–water partition coefficient (Wildman–Crippen LogP) is 0.357. The van der Waals surface area contributed by atoms with E-state index in [1.165, 1.54) is 19.0 Å². The third-order valence-electron chi connectivity index (χ3n) is 7.89. The number of rotatable bonds is 6. The van der Waals surface area contributed by atoms with Crippen LogP contribution in [-0.2, 0) is 25.6 Å². The molecule has 4 atom stereocenters. The van der Waals surface area contributed by atoms with Crippen molar-refractivity contribution in [3.05, 3.63) is 34.1 Å². The standard InChI is InChI=1S/C29H39N5O8/c1-28(2,3)31-11-17(35)32-15-10-16(33(4)5)13-8-12-9-14-21(34(6)7)24(38)20(27(30)41)26(40)29(14,42)25(39)18(12)23(37)19(13)22(15)36/h10,12,14,21,31,36-37,40,42H,8-9,11H2,1-7H3,(H2,30,41)(H,32,35)/t12-,14-,21-,29-/m0/s1/i4D3,5D3,10D. The van der Waals surface area contributed by atoms with E-state index >= 15 is 0 Å². The average Bonchev–Trinajstić information content (AvgIpc) is 2.91. The molecule has 0 spiro atoms. The first-order valence-electron chi connectivity index (χ1n) is 16.6. The van der Waals surface area contributed by atoms with E-state index in [-0.39, 0.29) is 23.4 Å². The van der Waals surface area contributed by atoms with Gasteiger partial charge in [0.15, 0.2) is 11.4 Å². The van der Waals surface area contributed by atoms with Gasteiger partial charge >= 0.3 is 0 Å². The number of anilines is 2. The van der Waals surface area contributed by atoms with Gasteiger partial charge in [-0.3, -0.25) is 24.1 Å². The molecule has 0 bridgehead atoms. The highest BCUT2D eigenvalue weighted by Crippen LogP contribution is 2.54. The summed E-state index contributed by atoms with van der Waals surface area (Å²) >= 11 is 0. The van der Waals surface area contributed by atoms with Gasteiger partial charge in [0.1, 0.15) is 22.8 Å². The Hall–Kier alpha value is -3.94. The van der Waals surface area contributed by atoms with Crippen LogP contribution in [-0.4, -0.2) is 100 Å². The number of nitrogens with zero attached hydrogens (tertiary/aromatic N) is 2. The number of fused-ring (bicyclic) bond motifs is 3. The maximum Gasteiger partial charge on any atom is 0.255 e. The number of carbonyl (C=O) groups is 4. The Bertz CT molecular complexity index is 1700. The molecule has 0 saturated heterocycles. The minimum atomic E-state index is -3.45. The summed E-state index contributed by atoms with van der Waals surface area (Å²) in [6.45, 7) is -2.03. The van der Waals surface area contributed by atoms with Crippen LogP contribution in [0, 0.1) is 11.8 Å². The minimum Gasteiger partial charge on any atom is -0.508 e. The summed E-state index contributed by atoms with van der Waals surface area (Å²) in [6.07, 6.45) is -0.885. The fourth-order valence-corrected chi connectivity index (χ4v) is 6.04. The van der Waals surface area contributed by atoms with E-state index in [4.69, 9.17) is 15.3 Å². The monoisotopic (exact) mass is 592 g/mol. The second-order valence-electron chi connectivity index (χ2n) is 12.0. The molecule has 13 nitrogen and oxygen atoms in total. The summed E-state index contributed by atoms with van der Waals surface area (Å²) in [7, 11) is 2.82. The first-order chi connectivity index (χ1) is 22.2. The first kappa shape index (κ1) is 22.6. The molecule has 3 aliphatic carbocycles. The highest BCUT2D eigenvalue weighted by atomic mass is 16.3. The van der Waals surface area contributed by atoms with Crippen LogP contribution in [0.2, 0.25) is 0 Å². The molecule has 0 aliphatic heterocycles. The van der Waals surface area contributed by atoms with Gasteiger partial charge in [-0.1, -0.05) is 0 Å². The average molecular weight is 593 g/mol. The number of hydrogen-bond donors (Lipinski definition) is 7. The number of aromatic hydroxyl groups is 1. The third-order valence-corrected chi connectivity index (χ3v) is 7.89. The van der Waals surface area contributed by atoms with E-state index in [0.717, 1.165) is 0 Å². The van der Waals surface area contributed by atoms with Crippen molar-refractivity contribution in [2.75, 3.05) is 44.8 Å². The van der Waals surface area contributed by atoms with Crippen LogP contribution in [0.4, 0.5) is 11.4 Å². The molecule has 4 rings (SSSR count). The Morgan fingerprint density at radius 1 is 1.21 bits per heavy atom. The fraction of sp³-hybridized carbons (Fsp3) is 0.517. The quantitative estimate of drug-likeness (QED) is 0.177. The Kier molecular flexibility index (Phi) is 5.61. The zero-order valence-electron chi connectivity index (χ0n) is 30.7. The van der Waals surface area contributed by atoms with Crippen LogP contribution in [0.25, 0.3) is 5.76 Å². The maximum atomic E-state index is 14.2. The van der Waals surface area contributed by atoms with Crippen LogP contribution in [0.5, 0.6) is 5.75 Å². The highest BCUT2D eigenvalue weighted by Gasteiger charge is 2.64. The minimum absolute atomic E-state index is 0.0383. The SMILES string of the molecule is [2H]c1c(NC(=O)CNC(C)(C)C)c(O)c2c(c1N(C([2H])([2H])[2H])C([2H])([2H])[2H])C[C@H]1C[C@H]3[C@H](N(C)C)C(=O)C(C(N)=O)=C(O)[C@@]3(O)C(=O)C1=C2O. The van der Waals surface area contributed by atoms with E-state index < -0.39 is 124 Å². The summed E-state index contributed by atoms with van der Waals surface area (Å²) in [5, 5.41) is 51.2. The number of Topliss-reactive ketones (excluding diaryl/α,β-unsaturated/α-hetero) is 2. The molecular weight excluding hydrogens is 546 g/mol. The molecule has 1 fully saturated rings. The molecule has 2 amide bonds. The Morgan fingerprint density at radius 2 is 1.86 bits per heavy atom. The zero-order valence-corrected chi connectivity index (χ0v) is 23.7. The largest absolute Gasteiger partial charge is 0.508 e. The summed E-state index contributed by atoms with van der Waals surface area (Å²) in [4.78, 5) is 54.0. The fourth-order valence-electron chi connectivity index (χ4n) is 6.04. The molecular formula is C29H39N5O8. The zero-order chi connectivity index (χ0) is 37.5. The van der Waals surface area contributed by atoms with Crippen LogP contribution >= 0.6 is 0 Å². The number of phenolic OH excluding ortho intramolecular Hbond substituents is 1. The molecule has 1 aromatic rings. The molecule has 13 heteroatoms. The van der Waals surface area contributed by atoms with E-state index in [9.17, 15) is 39.6 Å². The van der Waals surface area contributed by atoms with Gasteiger partial charge < -0.3 is 41.7 Å². The molecule has 0 radical (unpaired) electrons. The van der Waals surface area contributed by atoms with E-state index in [0.29, 0.717) is 0 Å². The molecule has 0 unspecified atom stereocenters. The van der Waals surface area contributed by atoms with Gasteiger partial charge in [0.05, 0.1) is 25.2 Å². The molecule has 228 valence electrons. The van der Waals surface area contributed by atoms with Crippen molar-refractivity contribution >= 4 is 40.5 Å². The second-order valence-corrected chi connectivity index (χ2v) is 12.0. The number of aliphatic hydroxyl groups is 3. The van der Waals surface area contributed by atoms with Gasteiger partial charge in [0.25, 0.3) is 5.91 Å². The van der Waals surface area contributed by atoms with Crippen LogP contribution in [0.3, 0.4) is 0 Å². The first-order valence-corrected chi connectivity index (χ1v) is 13.1. The lowest BCUT2D eigenvalue weighted by Gasteiger charge is -2.50. The predicted molar refractivity (Wildman–Crippen MR) is 155 cm³/mol. The van der Waals surface area contributed by atoms with Gasteiger partial charge in [-0.25, -0.2) is 0 Å². The van der Waals surface area contributed by atoms with Gasteiger partial charge in [0.2, 0.25) is 11.7 Å². The molecule has 1 saturated carbocycles. The second kappa shape index (κ2) is 10.4. The number of nitrogens with two attached hydrogens (primary N) is 1. The molecule has 0 aromatic heterocycles. The van der Waals surface area contributed by atoms with Crippen LogP contribution in [0.1, 0.15) is 47.9 Å². The summed E-state index contributed by atoms with van der Waals surface area (Å²) in [6, 6.07) is -2.33. The van der Waals surface area contributed by atoms with E-state index in [2.05, 4.69) is 10.6 Å². The number of amides is 2. The van der Waals surface area contributed by atoms with E-state index in [1.54, 1.807) is 20.8 Å². The van der Waals surface area contributed by atoms with Gasteiger partial charge in [-0.15, -0.1) is 0 Å². The topological polar surface area (TPSA) is 206 Å². The number of carbonyl (C=O) groups excluding carboxylic acids is 4. The van der Waals surface area contributed by atoms with Gasteiger partial charge in [-0.05, 0) is 65.2 Å². The number of aliphatic hydroxyl groups excluding tert-OH is 2. The van der Waals surface area contributed by atoms with Gasteiger partial charge in [0, 0.05) is 44.9 Å². The summed E-state index contributed by atoms with van der Waals surface area (Å²) < 4.78 is 57.3. The van der Waals surface area contributed by atoms with Crippen molar-refractivity contribution < 1.29 is 49.2 Å². The van der Waals surface area contributed by atoms with Crippen molar-refractivity contribution in [2.24, 2.45) is 17.6 Å². The lowest BCUT2D eigenvalue weighted by molar-refractivity contribution is -0.153. The molecule has 42 heavy (non-hydrogen) atoms. The van der Waals surface area contributed by atoms with Crippen molar-refractivity contribution in [3.8, 4) is 5.75 Å². The lowest BCUT2D eigenvalue weighted by Crippen LogP contribution is -2.65. The van der Waals surface area contributed by atoms with Crippen LogP contribution < -0.4 is 21.3 Å². The Morgan fingerprint density at radius 3 is 2.40 bits per heavy atom. The number of hydrogen-bond acceptors (Lipinski definition) is 11. The molecule has 8 N–H and O–H groups in total. The lowest BCUT2D eigenvalue weighted by atomic mass is 9.57. The summed E-state index contributed by atoms with van der Waals surface area (Å²) in [5.41, 5.74) is -2.51. The maximum absolute atomic E-state index is 14.2. The molecule has 3 aliphatic rings. The molecule has 0 heterocycles. The van der Waals surface area contributed by atoms with Gasteiger partial charge in [-0.2, -0.15) is 0 Å². The van der Waals surface area contributed by atoms with Crippen LogP contribution in [0.15, 0.2) is 22.9 Å². The third kappa shape index (κ3) is 4.80.